The van der Waals surface area contributed by atoms with E-state index in [4.69, 9.17) is 23.2 Å². The average molecular weight is 308 g/mol. The molecule has 104 valence electrons. The molecular weight excluding hydrogens is 293 g/mol. The molecule has 0 saturated heterocycles. The van der Waals surface area contributed by atoms with Crippen LogP contribution >= 0.6 is 23.2 Å². The van der Waals surface area contributed by atoms with Crippen molar-refractivity contribution in [3.63, 3.8) is 0 Å². The minimum Gasteiger partial charge on any atom is -0.326 e. The van der Waals surface area contributed by atoms with Gasteiger partial charge >= 0.3 is 0 Å². The molecule has 0 aliphatic rings. The highest BCUT2D eigenvalue weighted by Crippen LogP contribution is 2.23. The maximum Gasteiger partial charge on any atom is 0.228 e. The summed E-state index contributed by atoms with van der Waals surface area (Å²) in [6, 6.07) is 11.1. The molecule has 0 aromatic heterocycles. The summed E-state index contributed by atoms with van der Waals surface area (Å²) in [5, 5.41) is 3.83. The van der Waals surface area contributed by atoms with Gasteiger partial charge in [0.25, 0.3) is 0 Å². The van der Waals surface area contributed by atoms with E-state index >= 15 is 0 Å². The fourth-order valence-electron chi connectivity index (χ4n) is 1.86. The highest BCUT2D eigenvalue weighted by molar-refractivity contribution is 6.42. The molecule has 1 amide bonds. The SMILES string of the molecule is Cc1ccc(NC(=O)Cc2ccc(Cl)c(Cl)c2)cc1C. The van der Waals surface area contributed by atoms with Gasteiger partial charge in [0.1, 0.15) is 0 Å². The van der Waals surface area contributed by atoms with E-state index in [1.54, 1.807) is 18.2 Å². The van der Waals surface area contributed by atoms with Crippen LogP contribution in [0.25, 0.3) is 0 Å². The van der Waals surface area contributed by atoms with Crippen molar-refractivity contribution in [2.24, 2.45) is 0 Å². The van der Waals surface area contributed by atoms with Crippen LogP contribution in [0, 0.1) is 13.8 Å². The van der Waals surface area contributed by atoms with Gasteiger partial charge in [-0.3, -0.25) is 4.79 Å². The topological polar surface area (TPSA) is 29.1 Å². The summed E-state index contributed by atoms with van der Waals surface area (Å²) in [5.74, 6) is -0.0772. The highest BCUT2D eigenvalue weighted by atomic mass is 35.5. The molecule has 20 heavy (non-hydrogen) atoms. The number of carbonyl (C=O) groups excluding carboxylic acids is 1. The van der Waals surface area contributed by atoms with Gasteiger partial charge in [-0.05, 0) is 54.8 Å². The summed E-state index contributed by atoms with van der Waals surface area (Å²) in [5.41, 5.74) is 3.99. The number of rotatable bonds is 3. The summed E-state index contributed by atoms with van der Waals surface area (Å²) in [6.07, 6.45) is 0.268. The third-order valence-electron chi connectivity index (χ3n) is 3.14. The van der Waals surface area contributed by atoms with Crippen LogP contribution in [0.5, 0.6) is 0 Å². The third-order valence-corrected chi connectivity index (χ3v) is 3.88. The normalized spacial score (nSPS) is 10.4. The Morgan fingerprint density at radius 2 is 1.75 bits per heavy atom. The van der Waals surface area contributed by atoms with Gasteiger partial charge in [0.05, 0.1) is 16.5 Å². The van der Waals surface area contributed by atoms with Gasteiger partial charge in [-0.25, -0.2) is 0 Å². The summed E-state index contributed by atoms with van der Waals surface area (Å²) in [7, 11) is 0. The van der Waals surface area contributed by atoms with Gasteiger partial charge in [-0.2, -0.15) is 0 Å². The number of anilines is 1. The predicted octanol–water partition coefficient (Wildman–Crippen LogP) is 4.79. The molecule has 2 aromatic carbocycles. The van der Waals surface area contributed by atoms with Crippen molar-refractivity contribution in [3.8, 4) is 0 Å². The monoisotopic (exact) mass is 307 g/mol. The Labute approximate surface area is 128 Å². The van der Waals surface area contributed by atoms with Crippen molar-refractivity contribution in [3.05, 3.63) is 63.1 Å². The zero-order chi connectivity index (χ0) is 14.7. The Balaban J connectivity index is 2.04. The molecule has 4 heteroatoms. The molecule has 0 fully saturated rings. The number of halogens is 2. The Morgan fingerprint density at radius 3 is 2.40 bits per heavy atom. The Hall–Kier alpha value is -1.51. The fourth-order valence-corrected chi connectivity index (χ4v) is 2.18. The number of carbonyl (C=O) groups is 1. The van der Waals surface area contributed by atoms with E-state index in [-0.39, 0.29) is 12.3 Å². The number of aryl methyl sites for hydroxylation is 2. The first kappa shape index (κ1) is 14.9. The lowest BCUT2D eigenvalue weighted by Gasteiger charge is -2.08. The predicted molar refractivity (Wildman–Crippen MR) is 84.7 cm³/mol. The standard InChI is InChI=1S/C16H15Cl2NO/c1-10-3-5-13(7-11(10)2)19-16(20)9-12-4-6-14(17)15(18)8-12/h3-8H,9H2,1-2H3,(H,19,20). The fraction of sp³-hybridized carbons (Fsp3) is 0.188. The van der Waals surface area contributed by atoms with Crippen molar-refractivity contribution in [1.82, 2.24) is 0 Å². The van der Waals surface area contributed by atoms with Crippen molar-refractivity contribution in [2.45, 2.75) is 20.3 Å². The molecule has 2 rings (SSSR count). The van der Waals surface area contributed by atoms with Crippen molar-refractivity contribution in [1.29, 1.82) is 0 Å². The number of benzene rings is 2. The number of nitrogens with one attached hydrogen (secondary N) is 1. The first-order valence-corrected chi connectivity index (χ1v) is 7.02. The maximum absolute atomic E-state index is 12.0. The lowest BCUT2D eigenvalue weighted by molar-refractivity contribution is -0.115. The minimum absolute atomic E-state index is 0.0772. The lowest BCUT2D eigenvalue weighted by Crippen LogP contribution is -2.14. The first-order valence-electron chi connectivity index (χ1n) is 6.27. The van der Waals surface area contributed by atoms with Crippen molar-refractivity contribution in [2.75, 3.05) is 5.32 Å². The summed E-state index contributed by atoms with van der Waals surface area (Å²) < 4.78 is 0. The van der Waals surface area contributed by atoms with Crippen LogP contribution in [0.4, 0.5) is 5.69 Å². The summed E-state index contributed by atoms with van der Waals surface area (Å²) in [6.45, 7) is 4.06. The van der Waals surface area contributed by atoms with Gasteiger partial charge in [-0.15, -0.1) is 0 Å². The number of amides is 1. The Kier molecular flexibility index (Phi) is 4.69. The summed E-state index contributed by atoms with van der Waals surface area (Å²) in [4.78, 5) is 12.0. The molecule has 0 saturated carbocycles. The van der Waals surface area contributed by atoms with Crippen molar-refractivity contribution >= 4 is 34.8 Å². The smallest absolute Gasteiger partial charge is 0.228 e. The zero-order valence-corrected chi connectivity index (χ0v) is 12.8. The van der Waals surface area contributed by atoms with Gasteiger partial charge in [0.15, 0.2) is 0 Å². The molecule has 0 heterocycles. The molecule has 0 radical (unpaired) electrons. The second-order valence-corrected chi connectivity index (χ2v) is 5.59. The van der Waals surface area contributed by atoms with Crippen LogP contribution in [0.15, 0.2) is 36.4 Å². The van der Waals surface area contributed by atoms with Gasteiger partial charge in [0, 0.05) is 5.69 Å². The summed E-state index contributed by atoms with van der Waals surface area (Å²) >= 11 is 11.8. The van der Waals surface area contributed by atoms with E-state index in [2.05, 4.69) is 5.32 Å². The second-order valence-electron chi connectivity index (χ2n) is 4.77. The largest absolute Gasteiger partial charge is 0.326 e. The van der Waals surface area contributed by atoms with Crippen LogP contribution in [-0.2, 0) is 11.2 Å². The van der Waals surface area contributed by atoms with Gasteiger partial charge < -0.3 is 5.32 Å². The van der Waals surface area contributed by atoms with E-state index in [1.165, 1.54) is 5.56 Å². The lowest BCUT2D eigenvalue weighted by atomic mass is 10.1. The second kappa shape index (κ2) is 6.29. The van der Waals surface area contributed by atoms with Crippen molar-refractivity contribution < 1.29 is 4.79 Å². The minimum atomic E-state index is -0.0772. The van der Waals surface area contributed by atoms with Gasteiger partial charge in [0.2, 0.25) is 5.91 Å². The molecule has 0 aliphatic carbocycles. The molecule has 0 atom stereocenters. The molecule has 0 aliphatic heterocycles. The molecule has 1 N–H and O–H groups in total. The third kappa shape index (κ3) is 3.75. The van der Waals surface area contributed by atoms with E-state index < -0.39 is 0 Å². The quantitative estimate of drug-likeness (QED) is 0.867. The molecule has 2 nitrogen and oxygen atoms in total. The average Bonchev–Trinajstić information content (AvgIpc) is 2.38. The molecule has 0 spiro atoms. The van der Waals surface area contributed by atoms with E-state index in [0.717, 1.165) is 16.8 Å². The number of hydrogen-bond donors (Lipinski definition) is 1. The van der Waals surface area contributed by atoms with E-state index in [9.17, 15) is 4.79 Å². The van der Waals surface area contributed by atoms with Crippen LogP contribution in [-0.4, -0.2) is 5.91 Å². The molecular formula is C16H15Cl2NO. The van der Waals surface area contributed by atoms with E-state index in [0.29, 0.717) is 10.0 Å². The van der Waals surface area contributed by atoms with Crippen LogP contribution in [0.1, 0.15) is 16.7 Å². The van der Waals surface area contributed by atoms with Gasteiger partial charge in [-0.1, -0.05) is 35.3 Å². The Bertz CT molecular complexity index is 597. The van der Waals surface area contributed by atoms with Crippen LogP contribution in [0.2, 0.25) is 10.0 Å². The zero-order valence-electron chi connectivity index (χ0n) is 11.3. The maximum atomic E-state index is 12.0. The van der Waals surface area contributed by atoms with Crippen LogP contribution < -0.4 is 5.32 Å². The Morgan fingerprint density at radius 1 is 1.00 bits per heavy atom. The highest BCUT2D eigenvalue weighted by Gasteiger charge is 2.07. The number of hydrogen-bond acceptors (Lipinski definition) is 1. The molecule has 0 bridgehead atoms. The molecule has 0 unspecified atom stereocenters. The first-order chi connectivity index (χ1) is 9.45. The van der Waals surface area contributed by atoms with E-state index in [1.807, 2.05) is 32.0 Å². The molecule has 2 aromatic rings. The van der Waals surface area contributed by atoms with Crippen LogP contribution in [0.3, 0.4) is 0 Å².